The highest BCUT2D eigenvalue weighted by molar-refractivity contribution is 5.73. The molecule has 1 fully saturated rings. The molecule has 1 aromatic rings. The molecule has 1 unspecified atom stereocenters. The molecular weight excluding hydrogens is 226 g/mol. The number of hydrogen-bond acceptors (Lipinski definition) is 3. The second-order valence-corrected chi connectivity index (χ2v) is 4.90. The van der Waals surface area contributed by atoms with Crippen LogP contribution in [0.15, 0.2) is 24.3 Å². The number of esters is 1. The zero-order chi connectivity index (χ0) is 13.0. The third-order valence-electron chi connectivity index (χ3n) is 3.42. The molecule has 0 aromatic heterocycles. The first-order chi connectivity index (χ1) is 8.74. The van der Waals surface area contributed by atoms with Crippen LogP contribution in [-0.4, -0.2) is 19.1 Å². The predicted octanol–water partition coefficient (Wildman–Crippen LogP) is 2.24. The number of nitrogens with two attached hydrogens (primary N) is 1. The summed E-state index contributed by atoms with van der Waals surface area (Å²) >= 11 is 0. The van der Waals surface area contributed by atoms with Gasteiger partial charge in [0.1, 0.15) is 0 Å². The van der Waals surface area contributed by atoms with Crippen LogP contribution in [0, 0.1) is 5.92 Å². The smallest absolute Gasteiger partial charge is 0.310 e. The van der Waals surface area contributed by atoms with Gasteiger partial charge in [-0.3, -0.25) is 4.79 Å². The molecule has 0 aliphatic heterocycles. The van der Waals surface area contributed by atoms with Gasteiger partial charge >= 0.3 is 5.97 Å². The summed E-state index contributed by atoms with van der Waals surface area (Å²) in [6, 6.07) is 8.56. The first-order valence-electron chi connectivity index (χ1n) is 6.70. The van der Waals surface area contributed by atoms with Crippen molar-refractivity contribution in [2.45, 2.75) is 32.1 Å². The Labute approximate surface area is 108 Å². The first-order valence-corrected chi connectivity index (χ1v) is 6.70. The fourth-order valence-electron chi connectivity index (χ4n) is 2.15. The molecule has 3 nitrogen and oxygen atoms in total. The highest BCUT2D eigenvalue weighted by atomic mass is 16.5. The molecule has 0 bridgehead atoms. The van der Waals surface area contributed by atoms with E-state index in [2.05, 4.69) is 24.3 Å². The van der Waals surface area contributed by atoms with E-state index in [1.54, 1.807) is 0 Å². The number of rotatable bonds is 6. The minimum atomic E-state index is -0.225. The van der Waals surface area contributed by atoms with Crippen molar-refractivity contribution in [2.24, 2.45) is 11.7 Å². The second kappa shape index (κ2) is 6.01. The van der Waals surface area contributed by atoms with E-state index >= 15 is 0 Å². The largest absolute Gasteiger partial charge is 0.466 e. The maximum atomic E-state index is 11.7. The van der Waals surface area contributed by atoms with Crippen LogP contribution in [-0.2, 0) is 16.0 Å². The maximum absolute atomic E-state index is 11.7. The van der Waals surface area contributed by atoms with Crippen LogP contribution in [0.5, 0.6) is 0 Å². The van der Waals surface area contributed by atoms with Crippen LogP contribution in [0.25, 0.3) is 0 Å². The monoisotopic (exact) mass is 247 g/mol. The molecule has 1 saturated carbocycles. The van der Waals surface area contributed by atoms with Crippen molar-refractivity contribution < 1.29 is 9.53 Å². The molecule has 0 heterocycles. The van der Waals surface area contributed by atoms with Crippen molar-refractivity contribution >= 4 is 5.97 Å². The fraction of sp³-hybridized carbons (Fsp3) is 0.533. The van der Waals surface area contributed by atoms with E-state index < -0.39 is 0 Å². The molecule has 98 valence electrons. The van der Waals surface area contributed by atoms with E-state index in [9.17, 15) is 4.79 Å². The Morgan fingerprint density at radius 2 is 2.06 bits per heavy atom. The second-order valence-electron chi connectivity index (χ2n) is 4.90. The predicted molar refractivity (Wildman–Crippen MR) is 71.3 cm³/mol. The van der Waals surface area contributed by atoms with Gasteiger partial charge in [-0.05, 0) is 43.2 Å². The summed E-state index contributed by atoms with van der Waals surface area (Å²) in [7, 11) is 0. The summed E-state index contributed by atoms with van der Waals surface area (Å²) in [6.07, 6.45) is 3.29. The van der Waals surface area contributed by atoms with Gasteiger partial charge in [0.25, 0.3) is 0 Å². The zero-order valence-electron chi connectivity index (χ0n) is 10.9. The maximum Gasteiger partial charge on any atom is 0.310 e. The summed E-state index contributed by atoms with van der Waals surface area (Å²) in [5, 5.41) is 0. The molecule has 0 radical (unpaired) electrons. The van der Waals surface area contributed by atoms with E-state index in [0.717, 1.165) is 11.5 Å². The van der Waals surface area contributed by atoms with Crippen molar-refractivity contribution in [1.29, 1.82) is 0 Å². The lowest BCUT2D eigenvalue weighted by Gasteiger charge is -2.13. The topological polar surface area (TPSA) is 52.3 Å². The molecule has 1 aliphatic carbocycles. The number of carbonyl (C=O) groups excluding carboxylic acids is 1. The molecule has 1 atom stereocenters. The Morgan fingerprint density at radius 3 is 2.56 bits per heavy atom. The third-order valence-corrected chi connectivity index (χ3v) is 3.42. The fourth-order valence-corrected chi connectivity index (χ4v) is 2.15. The van der Waals surface area contributed by atoms with E-state index in [-0.39, 0.29) is 11.9 Å². The van der Waals surface area contributed by atoms with Crippen molar-refractivity contribution in [1.82, 2.24) is 0 Å². The average Bonchev–Trinajstić information content (AvgIpc) is 3.21. The molecule has 18 heavy (non-hydrogen) atoms. The van der Waals surface area contributed by atoms with Crippen LogP contribution in [0.2, 0.25) is 0 Å². The third kappa shape index (κ3) is 3.33. The van der Waals surface area contributed by atoms with Crippen molar-refractivity contribution in [3.05, 3.63) is 35.4 Å². The summed E-state index contributed by atoms with van der Waals surface area (Å²) in [6.45, 7) is 2.56. The molecule has 2 rings (SSSR count). The normalized spacial score (nSPS) is 16.3. The summed E-state index contributed by atoms with van der Waals surface area (Å²) in [5.74, 6) is 0.359. The molecule has 3 heteroatoms. The van der Waals surface area contributed by atoms with Crippen LogP contribution < -0.4 is 5.73 Å². The van der Waals surface area contributed by atoms with E-state index in [1.165, 1.54) is 18.4 Å². The standard InChI is InChI=1S/C15H21NO2/c1-2-18-15(17)14(10-16)9-11-3-5-12(6-4-11)13-7-8-13/h3-6,13-14H,2,7-10,16H2,1H3. The minimum Gasteiger partial charge on any atom is -0.466 e. The van der Waals surface area contributed by atoms with Crippen molar-refractivity contribution in [2.75, 3.05) is 13.2 Å². The highest BCUT2D eigenvalue weighted by Gasteiger charge is 2.23. The van der Waals surface area contributed by atoms with Gasteiger partial charge in [0.15, 0.2) is 0 Å². The van der Waals surface area contributed by atoms with Crippen LogP contribution in [0.1, 0.15) is 36.8 Å². The van der Waals surface area contributed by atoms with Crippen molar-refractivity contribution in [3.8, 4) is 0 Å². The molecule has 0 spiro atoms. The molecule has 1 aliphatic rings. The van der Waals surface area contributed by atoms with Crippen LogP contribution in [0.4, 0.5) is 0 Å². The van der Waals surface area contributed by atoms with Gasteiger partial charge in [-0.2, -0.15) is 0 Å². The lowest BCUT2D eigenvalue weighted by molar-refractivity contribution is -0.147. The molecule has 0 amide bonds. The van der Waals surface area contributed by atoms with E-state index in [1.807, 2.05) is 6.92 Å². The van der Waals surface area contributed by atoms with E-state index in [0.29, 0.717) is 19.6 Å². The number of ether oxygens (including phenoxy) is 1. The Kier molecular flexibility index (Phi) is 4.37. The molecule has 1 aromatic carbocycles. The van der Waals surface area contributed by atoms with Gasteiger partial charge in [0, 0.05) is 6.54 Å². The van der Waals surface area contributed by atoms with Gasteiger partial charge in [-0.15, -0.1) is 0 Å². The number of benzene rings is 1. The lowest BCUT2D eigenvalue weighted by atomic mass is 9.98. The van der Waals surface area contributed by atoms with Gasteiger partial charge < -0.3 is 10.5 Å². The van der Waals surface area contributed by atoms with Crippen LogP contribution in [0.3, 0.4) is 0 Å². The summed E-state index contributed by atoms with van der Waals surface area (Å²) in [4.78, 5) is 11.7. The van der Waals surface area contributed by atoms with Gasteiger partial charge in [0.05, 0.1) is 12.5 Å². The van der Waals surface area contributed by atoms with Gasteiger partial charge in [-0.1, -0.05) is 24.3 Å². The van der Waals surface area contributed by atoms with Gasteiger partial charge in [-0.25, -0.2) is 0 Å². The van der Waals surface area contributed by atoms with E-state index in [4.69, 9.17) is 10.5 Å². The number of hydrogen-bond donors (Lipinski definition) is 1. The lowest BCUT2D eigenvalue weighted by Crippen LogP contribution is -2.27. The Morgan fingerprint density at radius 1 is 1.39 bits per heavy atom. The summed E-state index contributed by atoms with van der Waals surface area (Å²) < 4.78 is 5.02. The zero-order valence-corrected chi connectivity index (χ0v) is 10.9. The van der Waals surface area contributed by atoms with Crippen LogP contribution >= 0.6 is 0 Å². The Hall–Kier alpha value is -1.35. The Bertz CT molecular complexity index is 395. The first kappa shape index (κ1) is 13.1. The minimum absolute atomic E-state index is 0.189. The van der Waals surface area contributed by atoms with Crippen molar-refractivity contribution in [3.63, 3.8) is 0 Å². The average molecular weight is 247 g/mol. The number of carbonyl (C=O) groups is 1. The van der Waals surface area contributed by atoms with Gasteiger partial charge in [0.2, 0.25) is 0 Å². The molecule has 2 N–H and O–H groups in total. The quantitative estimate of drug-likeness (QED) is 0.784. The molecule has 0 saturated heterocycles. The molecular formula is C15H21NO2. The Balaban J connectivity index is 1.95. The SMILES string of the molecule is CCOC(=O)C(CN)Cc1ccc(C2CC2)cc1. The summed E-state index contributed by atoms with van der Waals surface area (Å²) in [5.41, 5.74) is 8.21. The highest BCUT2D eigenvalue weighted by Crippen LogP contribution is 2.39.